The highest BCUT2D eigenvalue weighted by atomic mass is 16.5. The van der Waals surface area contributed by atoms with Gasteiger partial charge in [-0.1, -0.05) is 13.3 Å². The van der Waals surface area contributed by atoms with Gasteiger partial charge in [-0.25, -0.2) is 0 Å². The first-order chi connectivity index (χ1) is 9.76. The fourth-order valence-electron chi connectivity index (χ4n) is 4.00. The summed E-state index contributed by atoms with van der Waals surface area (Å²) in [4.78, 5) is 4.20. The Bertz CT molecular complexity index is 448. The third-order valence-electron chi connectivity index (χ3n) is 5.00. The Balaban J connectivity index is 1.60. The SMILES string of the molecule is CCCOc1cncc(C(O)CC2CC3CCC2C3)c1. The second-order valence-corrected chi connectivity index (χ2v) is 6.49. The molecule has 3 heteroatoms. The van der Waals surface area contributed by atoms with Crippen molar-refractivity contribution in [3.05, 3.63) is 24.0 Å². The zero-order chi connectivity index (χ0) is 13.9. The van der Waals surface area contributed by atoms with Gasteiger partial charge in [0.25, 0.3) is 0 Å². The minimum Gasteiger partial charge on any atom is -0.492 e. The first-order valence-electron chi connectivity index (χ1n) is 8.02. The molecular formula is C17H25NO2. The minimum atomic E-state index is -0.392. The molecule has 110 valence electrons. The van der Waals surface area contributed by atoms with E-state index in [4.69, 9.17) is 4.74 Å². The normalized spacial score (nSPS) is 29.6. The summed E-state index contributed by atoms with van der Waals surface area (Å²) in [6, 6.07) is 1.94. The number of hydrogen-bond donors (Lipinski definition) is 1. The zero-order valence-corrected chi connectivity index (χ0v) is 12.3. The molecule has 3 nitrogen and oxygen atoms in total. The van der Waals surface area contributed by atoms with Crippen LogP contribution in [0.4, 0.5) is 0 Å². The van der Waals surface area contributed by atoms with Gasteiger partial charge in [-0.3, -0.25) is 4.98 Å². The third kappa shape index (κ3) is 2.98. The Morgan fingerprint density at radius 1 is 1.35 bits per heavy atom. The first-order valence-corrected chi connectivity index (χ1v) is 8.02. The molecule has 2 fully saturated rings. The van der Waals surface area contributed by atoms with E-state index in [1.165, 1.54) is 25.7 Å². The number of aromatic nitrogens is 1. The van der Waals surface area contributed by atoms with Crippen molar-refractivity contribution in [1.82, 2.24) is 4.98 Å². The number of hydrogen-bond acceptors (Lipinski definition) is 3. The number of nitrogens with zero attached hydrogens (tertiary/aromatic N) is 1. The Hall–Kier alpha value is -1.09. The summed E-state index contributed by atoms with van der Waals surface area (Å²) >= 11 is 0. The lowest BCUT2D eigenvalue weighted by molar-refractivity contribution is 0.125. The lowest BCUT2D eigenvalue weighted by Gasteiger charge is -2.24. The van der Waals surface area contributed by atoms with Crippen molar-refractivity contribution in [2.75, 3.05) is 6.61 Å². The van der Waals surface area contributed by atoms with Crippen LogP contribution in [0.15, 0.2) is 18.5 Å². The van der Waals surface area contributed by atoms with E-state index in [2.05, 4.69) is 11.9 Å². The predicted octanol–water partition coefficient (Wildman–Crippen LogP) is 3.73. The van der Waals surface area contributed by atoms with E-state index < -0.39 is 6.10 Å². The van der Waals surface area contributed by atoms with Crippen LogP contribution in [0.5, 0.6) is 5.75 Å². The van der Waals surface area contributed by atoms with Crippen molar-refractivity contribution >= 4 is 0 Å². The lowest BCUT2D eigenvalue weighted by atomic mass is 9.84. The highest BCUT2D eigenvalue weighted by Crippen LogP contribution is 2.50. The Morgan fingerprint density at radius 2 is 2.25 bits per heavy atom. The lowest BCUT2D eigenvalue weighted by Crippen LogP contribution is -2.14. The van der Waals surface area contributed by atoms with Gasteiger partial charge in [0, 0.05) is 11.8 Å². The van der Waals surface area contributed by atoms with Crippen LogP contribution in [0.1, 0.15) is 57.1 Å². The molecule has 2 bridgehead atoms. The molecule has 1 aromatic rings. The summed E-state index contributed by atoms with van der Waals surface area (Å²) in [5.41, 5.74) is 0.904. The highest BCUT2D eigenvalue weighted by molar-refractivity contribution is 5.25. The number of pyridine rings is 1. The number of fused-ring (bicyclic) bond motifs is 2. The van der Waals surface area contributed by atoms with E-state index in [0.29, 0.717) is 12.5 Å². The number of rotatable bonds is 6. The third-order valence-corrected chi connectivity index (χ3v) is 5.00. The summed E-state index contributed by atoms with van der Waals surface area (Å²) in [6.07, 6.45) is 10.5. The zero-order valence-electron chi connectivity index (χ0n) is 12.3. The standard InChI is InChI=1S/C17H25NO2/c1-2-5-20-16-8-15(10-18-11-16)17(19)9-14-7-12-3-4-13(14)6-12/h8,10-14,17,19H,2-7,9H2,1H3. The van der Waals surface area contributed by atoms with E-state index in [0.717, 1.165) is 36.0 Å². The molecule has 0 aliphatic heterocycles. The van der Waals surface area contributed by atoms with Crippen LogP contribution in [0.3, 0.4) is 0 Å². The van der Waals surface area contributed by atoms with Gasteiger partial charge in [0.15, 0.2) is 0 Å². The predicted molar refractivity (Wildman–Crippen MR) is 78.5 cm³/mol. The highest BCUT2D eigenvalue weighted by Gasteiger charge is 2.40. The Kier molecular flexibility index (Phi) is 4.25. The van der Waals surface area contributed by atoms with Gasteiger partial charge in [0.2, 0.25) is 0 Å². The molecule has 2 saturated carbocycles. The maximum Gasteiger partial charge on any atom is 0.137 e. The van der Waals surface area contributed by atoms with Gasteiger partial charge in [0.05, 0.1) is 18.9 Å². The van der Waals surface area contributed by atoms with Crippen LogP contribution >= 0.6 is 0 Å². The number of ether oxygens (including phenoxy) is 1. The quantitative estimate of drug-likeness (QED) is 0.860. The average molecular weight is 275 g/mol. The molecule has 3 rings (SSSR count). The Labute approximate surface area is 121 Å². The molecular weight excluding hydrogens is 250 g/mol. The van der Waals surface area contributed by atoms with Crippen LogP contribution in [0.25, 0.3) is 0 Å². The van der Waals surface area contributed by atoms with Crippen molar-refractivity contribution in [3.63, 3.8) is 0 Å². The largest absolute Gasteiger partial charge is 0.492 e. The molecule has 0 radical (unpaired) electrons. The molecule has 0 amide bonds. The molecule has 0 saturated heterocycles. The maximum absolute atomic E-state index is 10.5. The van der Waals surface area contributed by atoms with Crippen LogP contribution in [-0.4, -0.2) is 16.7 Å². The summed E-state index contributed by atoms with van der Waals surface area (Å²) in [6.45, 7) is 2.79. The van der Waals surface area contributed by atoms with Gasteiger partial charge in [-0.2, -0.15) is 0 Å². The van der Waals surface area contributed by atoms with Crippen molar-refractivity contribution in [2.24, 2.45) is 17.8 Å². The summed E-state index contributed by atoms with van der Waals surface area (Å²) in [7, 11) is 0. The molecule has 2 aliphatic carbocycles. The smallest absolute Gasteiger partial charge is 0.137 e. The van der Waals surface area contributed by atoms with E-state index in [-0.39, 0.29) is 0 Å². The monoisotopic (exact) mass is 275 g/mol. The molecule has 4 unspecified atom stereocenters. The van der Waals surface area contributed by atoms with Crippen LogP contribution < -0.4 is 4.74 Å². The molecule has 0 spiro atoms. The average Bonchev–Trinajstić information content (AvgIpc) is 3.08. The second kappa shape index (κ2) is 6.13. The van der Waals surface area contributed by atoms with E-state index >= 15 is 0 Å². The van der Waals surface area contributed by atoms with Crippen LogP contribution in [0.2, 0.25) is 0 Å². The topological polar surface area (TPSA) is 42.4 Å². The van der Waals surface area contributed by atoms with Gasteiger partial charge < -0.3 is 9.84 Å². The van der Waals surface area contributed by atoms with E-state index in [1.807, 2.05) is 6.07 Å². The maximum atomic E-state index is 10.5. The van der Waals surface area contributed by atoms with E-state index in [1.54, 1.807) is 12.4 Å². The van der Waals surface area contributed by atoms with Crippen LogP contribution in [-0.2, 0) is 0 Å². The van der Waals surface area contributed by atoms with Crippen molar-refractivity contribution in [2.45, 2.75) is 51.6 Å². The van der Waals surface area contributed by atoms with E-state index in [9.17, 15) is 5.11 Å². The van der Waals surface area contributed by atoms with Gasteiger partial charge in [-0.05, 0) is 55.9 Å². The molecule has 2 aliphatic rings. The fraction of sp³-hybridized carbons (Fsp3) is 0.706. The molecule has 1 N–H and O–H groups in total. The summed E-state index contributed by atoms with van der Waals surface area (Å²) in [5, 5.41) is 10.5. The number of aliphatic hydroxyl groups excluding tert-OH is 1. The minimum absolute atomic E-state index is 0.392. The molecule has 1 heterocycles. The van der Waals surface area contributed by atoms with Crippen LogP contribution in [0, 0.1) is 17.8 Å². The van der Waals surface area contributed by atoms with Gasteiger partial charge in [-0.15, -0.1) is 0 Å². The van der Waals surface area contributed by atoms with Crippen molar-refractivity contribution in [1.29, 1.82) is 0 Å². The molecule has 0 aromatic carbocycles. The van der Waals surface area contributed by atoms with Crippen molar-refractivity contribution in [3.8, 4) is 5.75 Å². The fourth-order valence-corrected chi connectivity index (χ4v) is 4.00. The molecule has 1 aromatic heterocycles. The van der Waals surface area contributed by atoms with Crippen molar-refractivity contribution < 1.29 is 9.84 Å². The number of aliphatic hydroxyl groups is 1. The summed E-state index contributed by atoms with van der Waals surface area (Å²) < 4.78 is 5.59. The molecule has 4 atom stereocenters. The summed E-state index contributed by atoms with van der Waals surface area (Å²) in [5.74, 6) is 3.29. The second-order valence-electron chi connectivity index (χ2n) is 6.49. The van der Waals surface area contributed by atoms with Gasteiger partial charge >= 0.3 is 0 Å². The van der Waals surface area contributed by atoms with Gasteiger partial charge in [0.1, 0.15) is 5.75 Å². The molecule has 20 heavy (non-hydrogen) atoms. The Morgan fingerprint density at radius 3 is 2.95 bits per heavy atom. The first kappa shape index (κ1) is 13.9.